The third-order valence-corrected chi connectivity index (χ3v) is 8.03. The Morgan fingerprint density at radius 2 is 1.92 bits per heavy atom. The molecule has 0 radical (unpaired) electrons. The lowest BCUT2D eigenvalue weighted by Crippen LogP contribution is -2.55. The molecule has 0 aromatic heterocycles. The molecule has 0 spiro atoms. The fourth-order valence-corrected chi connectivity index (χ4v) is 5.92. The molecule has 11 nitrogen and oxygen atoms in total. The van der Waals surface area contributed by atoms with E-state index in [-0.39, 0.29) is 23.4 Å². The number of hydrogen-bond donors (Lipinski definition) is 3. The van der Waals surface area contributed by atoms with Gasteiger partial charge in [0.25, 0.3) is 6.47 Å². The minimum atomic E-state index is -3.93. The average molecular weight is 555 g/mol. The summed E-state index contributed by atoms with van der Waals surface area (Å²) in [6, 6.07) is 8.33. The number of halogens is 1. The minimum absolute atomic E-state index is 0.0709. The highest BCUT2D eigenvalue weighted by Gasteiger charge is 2.40. The number of hydrogen-bond acceptors (Lipinski definition) is 7. The van der Waals surface area contributed by atoms with Crippen LogP contribution < -0.4 is 10.0 Å². The molecule has 3 N–H and O–H groups in total. The fourth-order valence-electron chi connectivity index (χ4n) is 4.48. The highest BCUT2D eigenvalue weighted by molar-refractivity contribution is 7.89. The summed E-state index contributed by atoms with van der Waals surface area (Å²) in [5.41, 5.74) is 0. The van der Waals surface area contributed by atoms with Crippen LogP contribution in [0.25, 0.3) is 10.8 Å². The molecule has 37 heavy (non-hydrogen) atoms. The summed E-state index contributed by atoms with van der Waals surface area (Å²) in [5, 5.41) is 12.0. The molecule has 2 aromatic carbocycles. The van der Waals surface area contributed by atoms with Gasteiger partial charge in [0.2, 0.25) is 21.8 Å². The number of benzene rings is 2. The third-order valence-electron chi connectivity index (χ3n) is 6.33. The highest BCUT2D eigenvalue weighted by Crippen LogP contribution is 2.24. The van der Waals surface area contributed by atoms with Crippen molar-refractivity contribution in [3.8, 4) is 0 Å². The Hall–Kier alpha value is -2.77. The molecule has 2 heterocycles. The molecule has 2 aliphatic heterocycles. The lowest BCUT2D eigenvalue weighted by molar-refractivity contribution is -0.148. The summed E-state index contributed by atoms with van der Waals surface area (Å²) >= 11 is 6.00. The number of likely N-dealkylation sites (tertiary alicyclic amines) is 1. The molecule has 0 saturated carbocycles. The molecule has 13 heteroatoms. The van der Waals surface area contributed by atoms with Gasteiger partial charge in [-0.15, -0.1) is 0 Å². The van der Waals surface area contributed by atoms with Gasteiger partial charge in [0.05, 0.1) is 17.6 Å². The quantitative estimate of drug-likeness (QED) is 0.428. The lowest BCUT2D eigenvalue weighted by atomic mass is 10.1. The maximum absolute atomic E-state index is 13.1. The van der Waals surface area contributed by atoms with Gasteiger partial charge in [-0.3, -0.25) is 14.4 Å². The molecule has 2 amide bonds. The Bertz CT molecular complexity index is 1240. The van der Waals surface area contributed by atoms with Crippen LogP contribution in [0.2, 0.25) is 5.02 Å². The highest BCUT2D eigenvalue weighted by atomic mass is 35.5. The van der Waals surface area contributed by atoms with Crippen LogP contribution in [0.3, 0.4) is 0 Å². The number of fused-ring (bicyclic) bond motifs is 1. The molecular weight excluding hydrogens is 524 g/mol. The molecule has 2 fully saturated rings. The lowest BCUT2D eigenvalue weighted by Gasteiger charge is -2.36. The van der Waals surface area contributed by atoms with Crippen LogP contribution in [-0.2, 0) is 29.1 Å². The summed E-state index contributed by atoms with van der Waals surface area (Å²) in [6.07, 6.45) is 0.200. The van der Waals surface area contributed by atoms with Gasteiger partial charge >= 0.3 is 0 Å². The first-order valence-corrected chi connectivity index (χ1v) is 13.6. The molecule has 0 bridgehead atoms. The van der Waals surface area contributed by atoms with Crippen molar-refractivity contribution in [3.05, 3.63) is 41.4 Å². The first kappa shape index (κ1) is 28.8. The largest absolute Gasteiger partial charge is 0.483 e. The minimum Gasteiger partial charge on any atom is -0.483 e. The van der Waals surface area contributed by atoms with E-state index < -0.39 is 28.0 Å². The molecule has 2 saturated heterocycles. The van der Waals surface area contributed by atoms with Gasteiger partial charge in [0, 0.05) is 31.2 Å². The van der Waals surface area contributed by atoms with Crippen LogP contribution in [0, 0.1) is 0 Å². The molecule has 2 aromatic rings. The Kier molecular flexibility index (Phi) is 9.85. The summed E-state index contributed by atoms with van der Waals surface area (Å²) < 4.78 is 34.2. The predicted octanol–water partition coefficient (Wildman–Crippen LogP) is 0.909. The monoisotopic (exact) mass is 554 g/mol. The molecule has 4 rings (SSSR count). The number of likely N-dealkylation sites (N-methyl/N-ethyl adjacent to an activating group) is 1. The number of carbonyl (C=O) groups excluding carboxylic acids is 2. The zero-order valence-corrected chi connectivity index (χ0v) is 22.2. The SMILES string of the molecule is CNCC1CN(C(=O)[C@H](C)N2CC[C@H](NS(=O)(=O)c3ccc4cc(Cl)ccc4c3)C2=O)CCO1.O=CO. The van der Waals surface area contributed by atoms with E-state index >= 15 is 0 Å². The van der Waals surface area contributed by atoms with Gasteiger partial charge in [0.15, 0.2) is 0 Å². The van der Waals surface area contributed by atoms with Gasteiger partial charge in [0.1, 0.15) is 12.1 Å². The maximum Gasteiger partial charge on any atom is 0.290 e. The van der Waals surface area contributed by atoms with Crippen LogP contribution in [0.15, 0.2) is 41.3 Å². The first-order chi connectivity index (χ1) is 17.6. The van der Waals surface area contributed by atoms with Crippen molar-refractivity contribution in [1.29, 1.82) is 0 Å². The van der Waals surface area contributed by atoms with Gasteiger partial charge in [-0.05, 0) is 55.4 Å². The summed E-state index contributed by atoms with van der Waals surface area (Å²) in [4.78, 5) is 37.7. The Labute approximate surface area is 220 Å². The van der Waals surface area contributed by atoms with Gasteiger partial charge in [-0.25, -0.2) is 8.42 Å². The van der Waals surface area contributed by atoms with Crippen LogP contribution in [0.5, 0.6) is 0 Å². The Morgan fingerprint density at radius 1 is 1.24 bits per heavy atom. The molecule has 2 aliphatic rings. The summed E-state index contributed by atoms with van der Waals surface area (Å²) in [5.74, 6) is -0.550. The van der Waals surface area contributed by atoms with Crippen molar-refractivity contribution in [2.75, 3.05) is 39.8 Å². The van der Waals surface area contributed by atoms with Crippen LogP contribution in [0.1, 0.15) is 13.3 Å². The molecular formula is C24H31ClN4O7S. The van der Waals surface area contributed by atoms with Crippen LogP contribution in [-0.4, -0.2) is 99.6 Å². The van der Waals surface area contributed by atoms with Crippen molar-refractivity contribution in [1.82, 2.24) is 19.8 Å². The van der Waals surface area contributed by atoms with Crippen molar-refractivity contribution in [2.24, 2.45) is 0 Å². The van der Waals surface area contributed by atoms with Crippen molar-refractivity contribution < 1.29 is 32.6 Å². The predicted molar refractivity (Wildman–Crippen MR) is 138 cm³/mol. The van der Waals surface area contributed by atoms with E-state index in [9.17, 15) is 18.0 Å². The van der Waals surface area contributed by atoms with E-state index in [1.54, 1.807) is 42.2 Å². The van der Waals surface area contributed by atoms with Crippen molar-refractivity contribution in [3.63, 3.8) is 0 Å². The van der Waals surface area contributed by atoms with E-state index in [1.807, 2.05) is 7.05 Å². The number of carboxylic acid groups (broad SMARTS) is 1. The van der Waals surface area contributed by atoms with E-state index in [2.05, 4.69) is 10.0 Å². The van der Waals surface area contributed by atoms with Crippen LogP contribution >= 0.6 is 11.6 Å². The zero-order chi connectivity index (χ0) is 27.2. The van der Waals surface area contributed by atoms with Crippen molar-refractivity contribution in [2.45, 2.75) is 36.4 Å². The Morgan fingerprint density at radius 3 is 2.62 bits per heavy atom. The van der Waals surface area contributed by atoms with Gasteiger partial charge < -0.3 is 25.0 Å². The summed E-state index contributed by atoms with van der Waals surface area (Å²) in [7, 11) is -2.11. The maximum atomic E-state index is 13.1. The van der Waals surface area contributed by atoms with Crippen LogP contribution in [0.4, 0.5) is 0 Å². The third kappa shape index (κ3) is 6.96. The fraction of sp³-hybridized carbons (Fsp3) is 0.458. The van der Waals surface area contributed by atoms with Gasteiger partial charge in [-0.1, -0.05) is 23.7 Å². The second kappa shape index (κ2) is 12.7. The number of amides is 2. The number of nitrogens with zero attached hydrogens (tertiary/aromatic N) is 2. The number of sulfonamides is 1. The standard InChI is InChI=1S/C23H29ClN4O5S.CH2O2/c1-15(22(29)27-9-10-33-19(14-27)13-25-2)28-8-7-21(23(28)30)26-34(31,32)20-6-4-16-11-18(24)5-3-17(16)12-20;2-1-3/h3-6,11-12,15,19,21,25-26H,7-10,13-14H2,1-2H3;1H,(H,2,3)/t15-,19?,21-;/m0./s1. The molecule has 0 aliphatic carbocycles. The smallest absolute Gasteiger partial charge is 0.290 e. The number of rotatable bonds is 7. The normalized spacial score (nSPS) is 20.9. The Balaban J connectivity index is 0.00000121. The molecule has 202 valence electrons. The topological polar surface area (TPSA) is 145 Å². The van der Waals surface area contributed by atoms with E-state index in [1.165, 1.54) is 11.0 Å². The second-order valence-electron chi connectivity index (χ2n) is 8.76. The number of morpholine rings is 1. The average Bonchev–Trinajstić information content (AvgIpc) is 3.22. The van der Waals surface area contributed by atoms with Crippen molar-refractivity contribution >= 4 is 50.7 Å². The first-order valence-electron chi connectivity index (χ1n) is 11.8. The zero-order valence-electron chi connectivity index (χ0n) is 20.6. The second-order valence-corrected chi connectivity index (χ2v) is 10.9. The number of nitrogens with one attached hydrogen (secondary N) is 2. The summed E-state index contributed by atoms with van der Waals surface area (Å²) in [6.45, 7) is 3.74. The van der Waals surface area contributed by atoms with Gasteiger partial charge in [-0.2, -0.15) is 4.72 Å². The van der Waals surface area contributed by atoms with E-state index in [0.29, 0.717) is 44.2 Å². The molecule has 1 unspecified atom stereocenters. The number of ether oxygens (including phenoxy) is 1. The van der Waals surface area contributed by atoms with E-state index in [0.717, 1.165) is 10.8 Å². The van der Waals surface area contributed by atoms with E-state index in [4.69, 9.17) is 26.2 Å². The number of carbonyl (C=O) groups is 3. The molecule has 3 atom stereocenters.